The van der Waals surface area contributed by atoms with Gasteiger partial charge >= 0.3 is 23.9 Å². The van der Waals surface area contributed by atoms with E-state index in [1.807, 2.05) is 6.92 Å². The Labute approximate surface area is 256 Å². The summed E-state index contributed by atoms with van der Waals surface area (Å²) in [6.45, 7) is 3.10. The van der Waals surface area contributed by atoms with E-state index < -0.39 is 54.6 Å². The molecule has 5 atom stereocenters. The number of ether oxygens (including phenoxy) is 6. The lowest BCUT2D eigenvalue weighted by Gasteiger charge is -2.44. The average Bonchev–Trinajstić information content (AvgIpc) is 3.05. The van der Waals surface area contributed by atoms with Gasteiger partial charge in [-0.25, -0.2) is 14.4 Å². The molecule has 0 radical (unpaired) electrons. The highest BCUT2D eigenvalue weighted by molar-refractivity contribution is 5.91. The molecule has 1 aliphatic rings. The van der Waals surface area contributed by atoms with E-state index in [1.165, 1.54) is 6.92 Å². The third-order valence-electron chi connectivity index (χ3n) is 6.82. The molecule has 1 heterocycles. The molecule has 10 nitrogen and oxygen atoms in total. The van der Waals surface area contributed by atoms with E-state index in [1.54, 1.807) is 91.0 Å². The molecule has 10 heteroatoms. The van der Waals surface area contributed by atoms with Gasteiger partial charge in [0.25, 0.3) is 0 Å². The maximum absolute atomic E-state index is 13.3. The highest BCUT2D eigenvalue weighted by Gasteiger charge is 2.53. The van der Waals surface area contributed by atoms with Gasteiger partial charge in [0.1, 0.15) is 12.7 Å². The average molecular weight is 605 g/mol. The van der Waals surface area contributed by atoms with E-state index in [9.17, 15) is 19.2 Å². The molecule has 1 saturated heterocycles. The molecule has 232 valence electrons. The first-order valence-corrected chi connectivity index (χ1v) is 14.6. The predicted molar refractivity (Wildman–Crippen MR) is 158 cm³/mol. The van der Waals surface area contributed by atoms with Crippen LogP contribution in [0.5, 0.6) is 0 Å². The molecule has 0 saturated carbocycles. The second-order valence-corrected chi connectivity index (χ2v) is 10.1. The number of rotatable bonds is 13. The fraction of sp³-hybridized carbons (Fsp3) is 0.353. The summed E-state index contributed by atoms with van der Waals surface area (Å²) in [6.07, 6.45) is -3.93. The monoisotopic (exact) mass is 604 g/mol. The molecular formula is C34H36O10. The summed E-state index contributed by atoms with van der Waals surface area (Å²) in [6, 6.07) is 24.8. The Morgan fingerprint density at radius 3 is 1.64 bits per heavy atom. The quantitative estimate of drug-likeness (QED) is 0.147. The summed E-state index contributed by atoms with van der Waals surface area (Å²) in [7, 11) is 0. The summed E-state index contributed by atoms with van der Waals surface area (Å²) >= 11 is 0. The molecule has 4 rings (SSSR count). The minimum absolute atomic E-state index is 0.223. The molecular weight excluding hydrogens is 568 g/mol. The largest absolute Gasteiger partial charge is 0.459 e. The Hall–Kier alpha value is -4.54. The molecule has 1 fully saturated rings. The van der Waals surface area contributed by atoms with Gasteiger partial charge in [0.05, 0.1) is 16.7 Å². The summed E-state index contributed by atoms with van der Waals surface area (Å²) in [5.41, 5.74) is 0.752. The first-order valence-electron chi connectivity index (χ1n) is 14.6. The van der Waals surface area contributed by atoms with Gasteiger partial charge in [-0.3, -0.25) is 4.79 Å². The van der Waals surface area contributed by atoms with Crippen molar-refractivity contribution < 1.29 is 47.6 Å². The minimum atomic E-state index is -1.38. The van der Waals surface area contributed by atoms with Crippen molar-refractivity contribution >= 4 is 23.9 Å². The Kier molecular flexibility index (Phi) is 12.0. The second-order valence-electron chi connectivity index (χ2n) is 10.1. The van der Waals surface area contributed by atoms with Crippen molar-refractivity contribution in [3.8, 4) is 0 Å². The van der Waals surface area contributed by atoms with E-state index in [4.69, 9.17) is 28.4 Å². The van der Waals surface area contributed by atoms with Gasteiger partial charge in [0, 0.05) is 13.5 Å². The Balaban J connectivity index is 1.69. The van der Waals surface area contributed by atoms with Gasteiger partial charge in [0.15, 0.2) is 24.6 Å². The molecule has 1 aliphatic heterocycles. The first-order chi connectivity index (χ1) is 21.4. The fourth-order valence-corrected chi connectivity index (χ4v) is 4.64. The van der Waals surface area contributed by atoms with Gasteiger partial charge in [0.2, 0.25) is 0 Å². The number of esters is 4. The molecule has 0 aromatic heterocycles. The number of benzene rings is 3. The number of carbonyl (C=O) groups excluding carboxylic acids is 4. The molecule has 5 unspecified atom stereocenters. The summed E-state index contributed by atoms with van der Waals surface area (Å²) in [5, 5.41) is 0. The third-order valence-corrected chi connectivity index (χ3v) is 6.82. The first kappa shape index (κ1) is 32.4. The van der Waals surface area contributed by atoms with Crippen molar-refractivity contribution in [2.75, 3.05) is 13.2 Å². The number of hydrogen-bond acceptors (Lipinski definition) is 10. The maximum atomic E-state index is 13.3. The van der Waals surface area contributed by atoms with Crippen LogP contribution in [0.2, 0.25) is 0 Å². The highest BCUT2D eigenvalue weighted by Crippen LogP contribution is 2.31. The Morgan fingerprint density at radius 1 is 0.636 bits per heavy atom. The lowest BCUT2D eigenvalue weighted by molar-refractivity contribution is -0.302. The summed E-state index contributed by atoms with van der Waals surface area (Å²) < 4.78 is 35.2. The van der Waals surface area contributed by atoms with Crippen LogP contribution in [0.3, 0.4) is 0 Å². The highest BCUT2D eigenvalue weighted by atomic mass is 16.7. The van der Waals surface area contributed by atoms with Gasteiger partial charge in [-0.05, 0) is 42.8 Å². The van der Waals surface area contributed by atoms with E-state index >= 15 is 0 Å². The Morgan fingerprint density at radius 2 is 1.14 bits per heavy atom. The van der Waals surface area contributed by atoms with Crippen LogP contribution in [-0.2, 0) is 33.2 Å². The Bertz CT molecular complexity index is 1360. The van der Waals surface area contributed by atoms with Crippen LogP contribution in [-0.4, -0.2) is 67.8 Å². The maximum Gasteiger partial charge on any atom is 0.338 e. The third kappa shape index (κ3) is 8.98. The molecule has 0 spiro atoms. The number of unbranched alkanes of at least 4 members (excludes halogenated alkanes) is 2. The standard InChI is InChI=1S/C34H36O10/c1-3-4-14-21-39-34-30(41-23(2)35)29(44-33(38)26-19-12-7-13-20-26)28(43-32(37)25-17-10-6-11-18-25)27(42-34)22-40-31(36)24-15-8-5-9-16-24/h5-13,15-20,27-30,34H,3-4,14,21-22H2,1-2H3. The fourth-order valence-electron chi connectivity index (χ4n) is 4.64. The van der Waals surface area contributed by atoms with Crippen molar-refractivity contribution in [2.45, 2.75) is 63.8 Å². The van der Waals surface area contributed by atoms with Gasteiger partial charge in [-0.15, -0.1) is 0 Å². The van der Waals surface area contributed by atoms with Gasteiger partial charge < -0.3 is 28.4 Å². The van der Waals surface area contributed by atoms with Crippen LogP contribution in [0.1, 0.15) is 64.2 Å². The predicted octanol–water partition coefficient (Wildman–Crippen LogP) is 5.16. The van der Waals surface area contributed by atoms with Crippen LogP contribution in [0.25, 0.3) is 0 Å². The second kappa shape index (κ2) is 16.3. The van der Waals surface area contributed by atoms with Gasteiger partial charge in [-0.2, -0.15) is 0 Å². The zero-order valence-electron chi connectivity index (χ0n) is 24.7. The van der Waals surface area contributed by atoms with Crippen molar-refractivity contribution in [2.24, 2.45) is 0 Å². The van der Waals surface area contributed by atoms with E-state index in [-0.39, 0.29) is 24.3 Å². The van der Waals surface area contributed by atoms with Crippen LogP contribution < -0.4 is 0 Å². The van der Waals surface area contributed by atoms with E-state index in [0.717, 1.165) is 12.8 Å². The van der Waals surface area contributed by atoms with Crippen molar-refractivity contribution in [1.82, 2.24) is 0 Å². The van der Waals surface area contributed by atoms with E-state index in [0.29, 0.717) is 12.0 Å². The molecule has 0 bridgehead atoms. The molecule has 3 aromatic carbocycles. The van der Waals surface area contributed by atoms with Crippen molar-refractivity contribution in [3.05, 3.63) is 108 Å². The van der Waals surface area contributed by atoms with Gasteiger partial charge in [-0.1, -0.05) is 74.4 Å². The van der Waals surface area contributed by atoms with Crippen molar-refractivity contribution in [3.63, 3.8) is 0 Å². The molecule has 0 aliphatic carbocycles. The van der Waals surface area contributed by atoms with Crippen LogP contribution in [0.4, 0.5) is 0 Å². The number of carbonyl (C=O) groups is 4. The lowest BCUT2D eigenvalue weighted by atomic mass is 9.97. The van der Waals surface area contributed by atoms with Crippen LogP contribution in [0.15, 0.2) is 91.0 Å². The smallest absolute Gasteiger partial charge is 0.338 e. The van der Waals surface area contributed by atoms with Crippen molar-refractivity contribution in [1.29, 1.82) is 0 Å². The summed E-state index contributed by atoms with van der Waals surface area (Å²) in [5.74, 6) is -2.82. The topological polar surface area (TPSA) is 124 Å². The zero-order chi connectivity index (χ0) is 31.3. The van der Waals surface area contributed by atoms with Crippen LogP contribution in [0, 0.1) is 0 Å². The minimum Gasteiger partial charge on any atom is -0.459 e. The summed E-state index contributed by atoms with van der Waals surface area (Å²) in [4.78, 5) is 51.8. The number of hydrogen-bond donors (Lipinski definition) is 0. The SMILES string of the molecule is CCCCCOC1OC(COC(=O)c2ccccc2)C(OC(=O)c2ccccc2)C(OC(=O)c2ccccc2)C1OC(C)=O. The normalized spacial score (nSPS) is 21.1. The van der Waals surface area contributed by atoms with E-state index in [2.05, 4.69) is 0 Å². The lowest BCUT2D eigenvalue weighted by Crippen LogP contribution is -2.63. The van der Waals surface area contributed by atoms with Crippen LogP contribution >= 0.6 is 0 Å². The molecule has 0 N–H and O–H groups in total. The molecule has 44 heavy (non-hydrogen) atoms. The zero-order valence-corrected chi connectivity index (χ0v) is 24.7. The molecule has 3 aromatic rings. The molecule has 0 amide bonds.